The fourth-order valence-electron chi connectivity index (χ4n) is 2.22. The van der Waals surface area contributed by atoms with E-state index < -0.39 is 16.9 Å². The van der Waals surface area contributed by atoms with Gasteiger partial charge in [-0.1, -0.05) is 13.2 Å². The maximum Gasteiger partial charge on any atom is 0.334 e. The number of carbonyl (C=O) groups is 2. The van der Waals surface area contributed by atoms with Crippen LogP contribution in [0.1, 0.15) is 33.6 Å². The number of hydrogen-bond donors (Lipinski definition) is 0. The van der Waals surface area contributed by atoms with Crippen molar-refractivity contribution in [3.05, 3.63) is 24.3 Å². The molecule has 30 heavy (non-hydrogen) atoms. The lowest BCUT2D eigenvalue weighted by molar-refractivity contribution is -0.139. The van der Waals surface area contributed by atoms with Crippen molar-refractivity contribution in [2.45, 2.75) is 65.3 Å². The van der Waals surface area contributed by atoms with Crippen LogP contribution in [0.5, 0.6) is 0 Å². The summed E-state index contributed by atoms with van der Waals surface area (Å²) in [5.41, 5.74) is 0.879. The van der Waals surface area contributed by atoms with E-state index in [1.54, 1.807) is 28.1 Å². The van der Waals surface area contributed by atoms with Crippen molar-refractivity contribution in [2.24, 2.45) is 0 Å². The molecule has 0 spiro atoms. The number of ether oxygens (including phenoxy) is 2. The number of carbonyl (C=O) groups excluding carboxylic acids is 2. The molecule has 0 radical (unpaired) electrons. The fraction of sp³-hybridized carbons (Fsp3) is 0.714. The quantitative estimate of drug-likeness (QED) is 0.161. The second-order valence-corrected chi connectivity index (χ2v) is 15.7. The first-order valence-electron chi connectivity index (χ1n) is 10.2. The van der Waals surface area contributed by atoms with Crippen LogP contribution >= 0.6 is 0 Å². The van der Waals surface area contributed by atoms with Gasteiger partial charge in [0.25, 0.3) is 0 Å². The summed E-state index contributed by atoms with van der Waals surface area (Å²) in [5, 5.41) is 0. The molecule has 0 aliphatic heterocycles. The van der Waals surface area contributed by atoms with Crippen LogP contribution < -0.4 is 0 Å². The molecule has 7 nitrogen and oxygen atoms in total. The average Bonchev–Trinajstić information content (AvgIpc) is 2.68. The van der Waals surface area contributed by atoms with Crippen LogP contribution in [0, 0.1) is 0 Å². The van der Waals surface area contributed by atoms with Crippen LogP contribution in [0.2, 0.25) is 31.7 Å². The standard InChI is InChI=1S/C11H22O3Si.C10H20O4Si/c1-6-14-15(4,5)9-7-8-13-11(12)10(2)3;1-9(2)10(11)14-7-6-8-15(5,12-3)13-4/h2,6-9H2,1,3-5H3;1,6-8H2,2-5H3. The Balaban J connectivity index is 0. The van der Waals surface area contributed by atoms with E-state index in [1.165, 1.54) is 0 Å². The molecule has 0 unspecified atom stereocenters. The van der Waals surface area contributed by atoms with Crippen molar-refractivity contribution in [3.63, 3.8) is 0 Å². The zero-order chi connectivity index (χ0) is 23.8. The highest BCUT2D eigenvalue weighted by Gasteiger charge is 2.27. The van der Waals surface area contributed by atoms with Gasteiger partial charge in [0.15, 0.2) is 8.32 Å². The summed E-state index contributed by atoms with van der Waals surface area (Å²) in [6.07, 6.45) is 1.63. The van der Waals surface area contributed by atoms with E-state index in [9.17, 15) is 9.59 Å². The smallest absolute Gasteiger partial charge is 0.334 e. The summed E-state index contributed by atoms with van der Waals surface area (Å²) in [6, 6.07) is 1.83. The Bertz CT molecular complexity index is 543. The molecule has 0 aromatic carbocycles. The van der Waals surface area contributed by atoms with Gasteiger partial charge in [-0.05, 0) is 65.3 Å². The lowest BCUT2D eigenvalue weighted by Gasteiger charge is -2.22. The normalized spacial score (nSPS) is 11.2. The highest BCUT2D eigenvalue weighted by atomic mass is 28.4. The van der Waals surface area contributed by atoms with Crippen LogP contribution in [-0.4, -0.2) is 62.9 Å². The second kappa shape index (κ2) is 16.4. The molecular weight excluding hydrogens is 420 g/mol. The van der Waals surface area contributed by atoms with Crippen molar-refractivity contribution in [2.75, 3.05) is 34.0 Å². The Kier molecular flexibility index (Phi) is 16.9. The zero-order valence-corrected chi connectivity index (χ0v) is 22.2. The minimum Gasteiger partial charge on any atom is -0.462 e. The molecule has 176 valence electrons. The Morgan fingerprint density at radius 1 is 0.800 bits per heavy atom. The molecule has 0 rings (SSSR count). The molecule has 0 aromatic heterocycles. The van der Waals surface area contributed by atoms with Crippen molar-refractivity contribution >= 4 is 28.8 Å². The summed E-state index contributed by atoms with van der Waals surface area (Å²) < 4.78 is 26.2. The average molecular weight is 463 g/mol. The predicted molar refractivity (Wildman–Crippen MR) is 125 cm³/mol. The maximum atomic E-state index is 11.1. The summed E-state index contributed by atoms with van der Waals surface area (Å²) >= 11 is 0. The second-order valence-electron chi connectivity index (χ2n) is 7.77. The molecule has 0 aliphatic carbocycles. The van der Waals surface area contributed by atoms with Gasteiger partial charge < -0.3 is 22.8 Å². The summed E-state index contributed by atoms with van der Waals surface area (Å²) in [6.45, 7) is 20.3. The number of esters is 2. The van der Waals surface area contributed by atoms with Gasteiger partial charge in [-0.2, -0.15) is 0 Å². The van der Waals surface area contributed by atoms with Crippen LogP contribution in [0.3, 0.4) is 0 Å². The third-order valence-corrected chi connectivity index (χ3v) is 9.88. The molecule has 0 atom stereocenters. The van der Waals surface area contributed by atoms with Gasteiger partial charge in [-0.15, -0.1) is 0 Å². The maximum absolute atomic E-state index is 11.1. The highest BCUT2D eigenvalue weighted by Crippen LogP contribution is 2.14. The van der Waals surface area contributed by atoms with Crippen LogP contribution in [0.4, 0.5) is 0 Å². The molecule has 0 fully saturated rings. The number of rotatable bonds is 14. The topological polar surface area (TPSA) is 80.3 Å². The Labute approximate surface area is 185 Å². The van der Waals surface area contributed by atoms with E-state index in [0.717, 1.165) is 31.5 Å². The third kappa shape index (κ3) is 16.5. The largest absolute Gasteiger partial charge is 0.462 e. The van der Waals surface area contributed by atoms with E-state index in [-0.39, 0.29) is 11.9 Å². The highest BCUT2D eigenvalue weighted by molar-refractivity contribution is 6.71. The monoisotopic (exact) mass is 462 g/mol. The van der Waals surface area contributed by atoms with Gasteiger partial charge in [-0.25, -0.2) is 9.59 Å². The molecule has 0 aliphatic rings. The Morgan fingerprint density at radius 3 is 1.53 bits per heavy atom. The first kappa shape index (κ1) is 30.9. The van der Waals surface area contributed by atoms with Crippen LogP contribution in [0.25, 0.3) is 0 Å². The molecular formula is C21H42O7Si2. The van der Waals surface area contributed by atoms with Crippen LogP contribution in [0.15, 0.2) is 24.3 Å². The molecule has 0 bridgehead atoms. The van der Waals surface area contributed by atoms with Gasteiger partial charge in [0, 0.05) is 32.0 Å². The summed E-state index contributed by atoms with van der Waals surface area (Å²) in [5.74, 6) is -0.640. The molecule has 0 aromatic rings. The van der Waals surface area contributed by atoms with Crippen molar-refractivity contribution in [1.82, 2.24) is 0 Å². The van der Waals surface area contributed by atoms with Gasteiger partial charge in [0.05, 0.1) is 13.2 Å². The van der Waals surface area contributed by atoms with Crippen molar-refractivity contribution in [1.29, 1.82) is 0 Å². The molecule has 0 saturated heterocycles. The van der Waals surface area contributed by atoms with E-state index >= 15 is 0 Å². The SMILES string of the molecule is C=C(C)C(=O)OCCC[Si](C)(C)OCC.C=C(C)C(=O)OCCC[Si](C)(OC)OC. The van der Waals surface area contributed by atoms with E-state index in [1.807, 2.05) is 13.5 Å². The minimum absolute atomic E-state index is 0.300. The molecule has 0 heterocycles. The zero-order valence-electron chi connectivity index (χ0n) is 20.2. The molecule has 0 amide bonds. The predicted octanol–water partition coefficient (Wildman–Crippen LogP) is 4.60. The first-order valence-corrected chi connectivity index (χ1v) is 15.9. The molecule has 0 N–H and O–H groups in total. The fourth-order valence-corrected chi connectivity index (χ4v) is 5.50. The van der Waals surface area contributed by atoms with E-state index in [2.05, 4.69) is 26.3 Å². The Morgan fingerprint density at radius 2 is 1.20 bits per heavy atom. The van der Waals surface area contributed by atoms with Gasteiger partial charge >= 0.3 is 20.5 Å². The molecule has 9 heteroatoms. The molecule has 0 saturated carbocycles. The van der Waals surface area contributed by atoms with Crippen molar-refractivity contribution < 1.29 is 32.3 Å². The lowest BCUT2D eigenvalue weighted by atomic mass is 10.4. The first-order chi connectivity index (χ1) is 13.8. The van der Waals surface area contributed by atoms with Gasteiger partial charge in [0.2, 0.25) is 0 Å². The van der Waals surface area contributed by atoms with Crippen molar-refractivity contribution in [3.8, 4) is 0 Å². The lowest BCUT2D eigenvalue weighted by Crippen LogP contribution is -2.36. The van der Waals surface area contributed by atoms with Gasteiger partial charge in [-0.3, -0.25) is 0 Å². The summed E-state index contributed by atoms with van der Waals surface area (Å²) in [7, 11) is -0.230. The van der Waals surface area contributed by atoms with E-state index in [0.29, 0.717) is 24.4 Å². The summed E-state index contributed by atoms with van der Waals surface area (Å²) in [4.78, 5) is 22.1. The third-order valence-electron chi connectivity index (χ3n) is 4.26. The minimum atomic E-state index is -2.01. The Hall–Kier alpha value is -1.27. The number of hydrogen-bond acceptors (Lipinski definition) is 7. The van der Waals surface area contributed by atoms with E-state index in [4.69, 9.17) is 22.8 Å². The van der Waals surface area contributed by atoms with Crippen LogP contribution in [-0.2, 0) is 32.3 Å². The van der Waals surface area contributed by atoms with Gasteiger partial charge in [0.1, 0.15) is 0 Å².